The second-order valence-corrected chi connectivity index (χ2v) is 4.12. The van der Waals surface area contributed by atoms with Gasteiger partial charge in [0.05, 0.1) is 16.3 Å². The number of hydrogen-bond donors (Lipinski definition) is 1. The van der Waals surface area contributed by atoms with Crippen molar-refractivity contribution in [2.75, 3.05) is 0 Å². The highest BCUT2D eigenvalue weighted by Crippen LogP contribution is 2.26. The van der Waals surface area contributed by atoms with Crippen LogP contribution in [-0.2, 0) is 7.05 Å². The van der Waals surface area contributed by atoms with Crippen molar-refractivity contribution in [3.05, 3.63) is 22.0 Å². The Labute approximate surface area is 90.5 Å². The maximum Gasteiger partial charge on any atom is 0.258 e. The maximum atomic E-state index is 10.9. The van der Waals surface area contributed by atoms with Crippen LogP contribution in [0.1, 0.15) is 15.4 Å². The van der Waals surface area contributed by atoms with Gasteiger partial charge in [-0.2, -0.15) is 0 Å². The van der Waals surface area contributed by atoms with Crippen molar-refractivity contribution in [3.63, 3.8) is 0 Å². The summed E-state index contributed by atoms with van der Waals surface area (Å²) in [5.74, 6) is -0.404. The number of hydrogen-bond acceptors (Lipinski definition) is 4. The number of carbonyl (C=O) groups excluding carboxylic acids is 1. The van der Waals surface area contributed by atoms with Gasteiger partial charge in [-0.25, -0.2) is 4.68 Å². The number of thiophene rings is 1. The highest BCUT2D eigenvalue weighted by Gasteiger charge is 2.12. The molecule has 2 aromatic heterocycles. The highest BCUT2D eigenvalue weighted by molar-refractivity contribution is 7.12. The zero-order chi connectivity index (χ0) is 11.0. The Hall–Kier alpha value is -1.69. The number of nitrogens with zero attached hydrogens (tertiary/aromatic N) is 3. The number of amides is 1. The molecule has 0 aliphatic heterocycles. The zero-order valence-electron chi connectivity index (χ0n) is 8.39. The molecule has 0 aliphatic rings. The van der Waals surface area contributed by atoms with E-state index in [2.05, 4.69) is 10.3 Å². The van der Waals surface area contributed by atoms with E-state index in [0.717, 1.165) is 17.0 Å². The fourth-order valence-corrected chi connectivity index (χ4v) is 2.19. The van der Waals surface area contributed by atoms with Crippen molar-refractivity contribution >= 4 is 17.2 Å². The Morgan fingerprint density at radius 2 is 2.33 bits per heavy atom. The fraction of sp³-hybridized carbons (Fsp3) is 0.222. The third kappa shape index (κ3) is 1.63. The number of aromatic nitrogens is 3. The monoisotopic (exact) mass is 222 g/mol. The maximum absolute atomic E-state index is 10.9. The van der Waals surface area contributed by atoms with E-state index in [9.17, 15) is 4.79 Å². The first kappa shape index (κ1) is 9.85. The van der Waals surface area contributed by atoms with Crippen molar-refractivity contribution in [1.29, 1.82) is 0 Å². The summed E-state index contributed by atoms with van der Waals surface area (Å²) >= 11 is 1.33. The van der Waals surface area contributed by atoms with E-state index in [1.54, 1.807) is 10.7 Å². The Kier molecular flexibility index (Phi) is 2.28. The SMILES string of the molecule is Cc1nnn(C)c1-c1csc(C(N)=O)c1. The van der Waals surface area contributed by atoms with Gasteiger partial charge in [0.1, 0.15) is 0 Å². The topological polar surface area (TPSA) is 73.8 Å². The molecule has 0 aromatic carbocycles. The third-order valence-corrected chi connectivity index (χ3v) is 3.06. The van der Waals surface area contributed by atoms with Crippen molar-refractivity contribution in [1.82, 2.24) is 15.0 Å². The van der Waals surface area contributed by atoms with Crippen LogP contribution in [0, 0.1) is 6.92 Å². The molecule has 2 rings (SSSR count). The number of primary amides is 1. The summed E-state index contributed by atoms with van der Waals surface area (Å²) in [6.07, 6.45) is 0. The molecular weight excluding hydrogens is 212 g/mol. The molecule has 78 valence electrons. The first-order chi connectivity index (χ1) is 7.09. The Balaban J connectivity index is 2.50. The molecule has 0 fully saturated rings. The van der Waals surface area contributed by atoms with E-state index in [-0.39, 0.29) is 0 Å². The Morgan fingerprint density at radius 3 is 2.80 bits per heavy atom. The average Bonchev–Trinajstić information content (AvgIpc) is 2.73. The van der Waals surface area contributed by atoms with E-state index in [4.69, 9.17) is 5.73 Å². The number of carbonyl (C=O) groups is 1. The predicted molar refractivity (Wildman–Crippen MR) is 57.6 cm³/mol. The van der Waals surface area contributed by atoms with Crippen LogP contribution in [0.4, 0.5) is 0 Å². The normalized spacial score (nSPS) is 10.5. The fourth-order valence-electron chi connectivity index (χ4n) is 1.45. The lowest BCUT2D eigenvalue weighted by Gasteiger charge is -1.97. The van der Waals surface area contributed by atoms with Gasteiger partial charge in [-0.1, -0.05) is 5.21 Å². The predicted octanol–water partition coefficient (Wildman–Crippen LogP) is 0.951. The van der Waals surface area contributed by atoms with Gasteiger partial charge in [0.2, 0.25) is 0 Å². The number of nitrogens with two attached hydrogens (primary N) is 1. The molecule has 0 bridgehead atoms. The van der Waals surface area contributed by atoms with Crippen LogP contribution in [-0.4, -0.2) is 20.9 Å². The second kappa shape index (κ2) is 3.47. The third-order valence-electron chi connectivity index (χ3n) is 2.11. The Morgan fingerprint density at radius 1 is 1.60 bits per heavy atom. The highest BCUT2D eigenvalue weighted by atomic mass is 32.1. The van der Waals surface area contributed by atoms with Crippen LogP contribution in [0.5, 0.6) is 0 Å². The molecule has 0 unspecified atom stereocenters. The van der Waals surface area contributed by atoms with E-state index in [1.165, 1.54) is 11.3 Å². The minimum Gasteiger partial charge on any atom is -0.365 e. The molecule has 2 N–H and O–H groups in total. The molecule has 0 radical (unpaired) electrons. The second-order valence-electron chi connectivity index (χ2n) is 3.21. The van der Waals surface area contributed by atoms with Gasteiger partial charge in [0.15, 0.2) is 0 Å². The lowest BCUT2D eigenvalue weighted by molar-refractivity contribution is 0.100. The lowest BCUT2D eigenvalue weighted by Crippen LogP contribution is -2.08. The van der Waals surface area contributed by atoms with Crippen molar-refractivity contribution in [3.8, 4) is 11.3 Å². The molecule has 5 nitrogen and oxygen atoms in total. The van der Waals surface area contributed by atoms with Crippen molar-refractivity contribution in [2.24, 2.45) is 12.8 Å². The minimum absolute atomic E-state index is 0.404. The summed E-state index contributed by atoms with van der Waals surface area (Å²) in [4.78, 5) is 11.5. The summed E-state index contributed by atoms with van der Waals surface area (Å²) < 4.78 is 1.68. The summed E-state index contributed by atoms with van der Waals surface area (Å²) in [5, 5.41) is 9.73. The van der Waals surface area contributed by atoms with E-state index < -0.39 is 5.91 Å². The molecule has 15 heavy (non-hydrogen) atoms. The molecule has 2 aromatic rings. The standard InChI is InChI=1S/C9H10N4OS/c1-5-8(13(2)12-11-5)6-3-7(9(10)14)15-4-6/h3-4H,1-2H3,(H2,10,14). The largest absolute Gasteiger partial charge is 0.365 e. The molecule has 1 amide bonds. The molecule has 0 saturated heterocycles. The van der Waals surface area contributed by atoms with Crippen molar-refractivity contribution in [2.45, 2.75) is 6.92 Å². The van der Waals surface area contributed by atoms with Crippen molar-refractivity contribution < 1.29 is 4.79 Å². The van der Waals surface area contributed by atoms with Gasteiger partial charge in [-0.05, 0) is 13.0 Å². The van der Waals surface area contributed by atoms with E-state index in [0.29, 0.717) is 4.88 Å². The summed E-state index contributed by atoms with van der Waals surface area (Å²) in [7, 11) is 1.82. The molecule has 2 heterocycles. The van der Waals surface area contributed by atoms with Gasteiger partial charge >= 0.3 is 0 Å². The molecule has 0 saturated carbocycles. The first-order valence-corrected chi connectivity index (χ1v) is 5.22. The van der Waals surface area contributed by atoms with Gasteiger partial charge in [0, 0.05) is 18.0 Å². The van der Waals surface area contributed by atoms with Gasteiger partial charge in [-0.15, -0.1) is 16.4 Å². The van der Waals surface area contributed by atoms with Gasteiger partial charge in [-0.3, -0.25) is 4.79 Å². The Bertz CT molecular complexity index is 494. The van der Waals surface area contributed by atoms with Crippen LogP contribution in [0.15, 0.2) is 11.4 Å². The van der Waals surface area contributed by atoms with Gasteiger partial charge < -0.3 is 5.73 Å². The first-order valence-electron chi connectivity index (χ1n) is 4.34. The van der Waals surface area contributed by atoms with E-state index in [1.807, 2.05) is 19.4 Å². The van der Waals surface area contributed by atoms with Gasteiger partial charge in [0.25, 0.3) is 5.91 Å². The summed E-state index contributed by atoms with van der Waals surface area (Å²) in [6, 6.07) is 1.76. The average molecular weight is 222 g/mol. The van der Waals surface area contributed by atoms with Crippen LogP contribution >= 0.6 is 11.3 Å². The molecular formula is C9H10N4OS. The minimum atomic E-state index is -0.404. The summed E-state index contributed by atoms with van der Waals surface area (Å²) in [5.41, 5.74) is 7.87. The number of rotatable bonds is 2. The molecule has 0 atom stereocenters. The summed E-state index contributed by atoms with van der Waals surface area (Å²) in [6.45, 7) is 1.88. The van der Waals surface area contributed by atoms with Crippen LogP contribution in [0.2, 0.25) is 0 Å². The van der Waals surface area contributed by atoms with Crippen LogP contribution in [0.25, 0.3) is 11.3 Å². The zero-order valence-corrected chi connectivity index (χ0v) is 9.21. The quantitative estimate of drug-likeness (QED) is 0.822. The molecule has 6 heteroatoms. The lowest BCUT2D eigenvalue weighted by atomic mass is 10.2. The number of aryl methyl sites for hydroxylation is 2. The molecule has 0 aliphatic carbocycles. The smallest absolute Gasteiger partial charge is 0.258 e. The molecule has 0 spiro atoms. The van der Waals surface area contributed by atoms with Crippen LogP contribution in [0.3, 0.4) is 0 Å². The van der Waals surface area contributed by atoms with E-state index >= 15 is 0 Å². The van der Waals surface area contributed by atoms with Crippen LogP contribution < -0.4 is 5.73 Å².